The van der Waals surface area contributed by atoms with Crippen molar-refractivity contribution in [2.45, 2.75) is 25.6 Å². The summed E-state index contributed by atoms with van der Waals surface area (Å²) in [6.45, 7) is 1.86. The quantitative estimate of drug-likeness (QED) is 0.715. The summed E-state index contributed by atoms with van der Waals surface area (Å²) >= 11 is 1.83. The van der Waals surface area contributed by atoms with Gasteiger partial charge in [-0.15, -0.1) is 26.3 Å². The predicted octanol–water partition coefficient (Wildman–Crippen LogP) is 1.80. The van der Waals surface area contributed by atoms with E-state index in [2.05, 4.69) is 32.9 Å². The highest BCUT2D eigenvalue weighted by Gasteiger charge is 2.31. The van der Waals surface area contributed by atoms with Crippen LogP contribution in [0.1, 0.15) is 23.8 Å². The number of ether oxygens (including phenoxy) is 2. The van der Waals surface area contributed by atoms with Crippen molar-refractivity contribution in [2.75, 3.05) is 20.8 Å². The molecule has 1 fully saturated rings. The molecule has 0 bridgehead atoms. The highest BCUT2D eigenvalue weighted by atomic mass is 32.1. The van der Waals surface area contributed by atoms with Crippen molar-refractivity contribution in [2.24, 2.45) is 0 Å². The van der Waals surface area contributed by atoms with Crippen molar-refractivity contribution < 1.29 is 14.4 Å². The summed E-state index contributed by atoms with van der Waals surface area (Å²) in [4.78, 5) is 4.63. The van der Waals surface area contributed by atoms with Crippen molar-refractivity contribution in [3.05, 3.63) is 40.6 Å². The zero-order valence-corrected chi connectivity index (χ0v) is 15.7. The second-order valence-electron chi connectivity index (χ2n) is 6.33. The molecule has 1 aliphatic rings. The smallest absolute Gasteiger partial charge is 0.205 e. The third-order valence-corrected chi connectivity index (χ3v) is 5.80. The fourth-order valence-electron chi connectivity index (χ4n) is 3.52. The van der Waals surface area contributed by atoms with Gasteiger partial charge in [0.05, 0.1) is 25.6 Å². The van der Waals surface area contributed by atoms with Crippen LogP contribution in [0.25, 0.3) is 11.4 Å². The summed E-state index contributed by atoms with van der Waals surface area (Å²) in [7, 11) is 3.24. The minimum absolute atomic E-state index is 0.533. The van der Waals surface area contributed by atoms with Crippen LogP contribution in [-0.4, -0.2) is 41.0 Å². The van der Waals surface area contributed by atoms with E-state index in [-0.39, 0.29) is 0 Å². The van der Waals surface area contributed by atoms with Gasteiger partial charge in [0.25, 0.3) is 0 Å². The van der Waals surface area contributed by atoms with Crippen LogP contribution in [0.2, 0.25) is 0 Å². The normalized spacial score (nSPS) is 19.6. The van der Waals surface area contributed by atoms with Gasteiger partial charge in [0.15, 0.2) is 18.2 Å². The SMILES string of the molecule is COc1ccc(-c2nnn(C[NH+]3CCC[C@H]3c3cccs3)n2)cc1OC. The average molecular weight is 372 g/mol. The van der Waals surface area contributed by atoms with Gasteiger partial charge in [0.1, 0.15) is 6.04 Å². The molecule has 1 unspecified atom stereocenters. The van der Waals surface area contributed by atoms with E-state index in [0.29, 0.717) is 23.4 Å². The van der Waals surface area contributed by atoms with E-state index in [9.17, 15) is 0 Å². The molecular formula is C18H22N5O2S+. The van der Waals surface area contributed by atoms with E-state index in [1.165, 1.54) is 22.6 Å². The fourth-order valence-corrected chi connectivity index (χ4v) is 4.44. The number of quaternary nitrogens is 1. The first kappa shape index (κ1) is 17.0. The molecule has 0 spiro atoms. The maximum Gasteiger partial charge on any atom is 0.205 e. The van der Waals surface area contributed by atoms with Crippen LogP contribution < -0.4 is 14.4 Å². The Hall–Kier alpha value is -2.45. The Morgan fingerprint density at radius 3 is 2.88 bits per heavy atom. The first-order valence-electron chi connectivity index (χ1n) is 8.66. The number of rotatable bonds is 6. The number of nitrogens with zero attached hydrogens (tertiary/aromatic N) is 4. The van der Waals surface area contributed by atoms with Crippen LogP contribution in [0.3, 0.4) is 0 Å². The molecule has 3 aromatic rings. The lowest BCUT2D eigenvalue weighted by atomic mass is 10.2. The summed E-state index contributed by atoms with van der Waals surface area (Å²) in [6, 6.07) is 10.5. The van der Waals surface area contributed by atoms with Gasteiger partial charge in [-0.1, -0.05) is 6.07 Å². The summed E-state index contributed by atoms with van der Waals surface area (Å²) in [5.74, 6) is 1.94. The van der Waals surface area contributed by atoms with Gasteiger partial charge in [0.2, 0.25) is 5.82 Å². The number of tetrazole rings is 1. The lowest BCUT2D eigenvalue weighted by Crippen LogP contribution is -3.09. The molecule has 3 heterocycles. The molecule has 1 N–H and O–H groups in total. The minimum atomic E-state index is 0.533. The van der Waals surface area contributed by atoms with E-state index < -0.39 is 0 Å². The highest BCUT2D eigenvalue weighted by molar-refractivity contribution is 7.10. The average Bonchev–Trinajstić information content (AvgIpc) is 3.42. The lowest BCUT2D eigenvalue weighted by molar-refractivity contribution is -0.941. The maximum atomic E-state index is 5.36. The summed E-state index contributed by atoms with van der Waals surface area (Å²) in [5, 5.41) is 15.2. The van der Waals surface area contributed by atoms with Crippen molar-refractivity contribution in [1.82, 2.24) is 20.2 Å². The zero-order valence-electron chi connectivity index (χ0n) is 14.9. The molecule has 1 saturated heterocycles. The van der Waals surface area contributed by atoms with Crippen LogP contribution in [-0.2, 0) is 6.67 Å². The zero-order chi connectivity index (χ0) is 17.9. The van der Waals surface area contributed by atoms with E-state index >= 15 is 0 Å². The number of methoxy groups -OCH3 is 2. The van der Waals surface area contributed by atoms with Gasteiger partial charge in [-0.05, 0) is 34.9 Å². The Bertz CT molecular complexity index is 864. The molecule has 1 aliphatic heterocycles. The summed E-state index contributed by atoms with van der Waals surface area (Å²) in [6.07, 6.45) is 2.45. The second-order valence-corrected chi connectivity index (χ2v) is 7.31. The Balaban J connectivity index is 1.51. The Kier molecular flexibility index (Phi) is 4.85. The Morgan fingerprint density at radius 1 is 1.23 bits per heavy atom. The molecule has 0 aliphatic carbocycles. The first-order chi connectivity index (χ1) is 12.8. The molecule has 0 amide bonds. The van der Waals surface area contributed by atoms with Crippen LogP contribution in [0.4, 0.5) is 0 Å². The van der Waals surface area contributed by atoms with Gasteiger partial charge >= 0.3 is 0 Å². The van der Waals surface area contributed by atoms with Crippen molar-refractivity contribution in [1.29, 1.82) is 0 Å². The number of hydrogen-bond acceptors (Lipinski definition) is 6. The number of nitrogens with one attached hydrogen (secondary N) is 1. The lowest BCUT2D eigenvalue weighted by Gasteiger charge is -2.19. The number of benzene rings is 1. The van der Waals surface area contributed by atoms with Gasteiger partial charge in [0, 0.05) is 18.4 Å². The molecule has 136 valence electrons. The van der Waals surface area contributed by atoms with Gasteiger partial charge in [-0.2, -0.15) is 0 Å². The number of aromatic nitrogens is 4. The third-order valence-electron chi connectivity index (χ3n) is 4.81. The molecular weight excluding hydrogens is 350 g/mol. The van der Waals surface area contributed by atoms with Gasteiger partial charge in [-0.25, -0.2) is 0 Å². The first-order valence-corrected chi connectivity index (χ1v) is 9.54. The summed E-state index contributed by atoms with van der Waals surface area (Å²) < 4.78 is 10.6. The highest BCUT2D eigenvalue weighted by Crippen LogP contribution is 2.30. The van der Waals surface area contributed by atoms with Gasteiger partial charge < -0.3 is 14.4 Å². The van der Waals surface area contributed by atoms with E-state index in [0.717, 1.165) is 18.8 Å². The van der Waals surface area contributed by atoms with Crippen molar-refractivity contribution in [3.63, 3.8) is 0 Å². The molecule has 2 aromatic heterocycles. The molecule has 7 nitrogen and oxygen atoms in total. The standard InChI is InChI=1S/C18H21N5O2S/c1-24-15-8-7-13(11-16(15)25-2)18-19-21-23(20-18)12-22-9-3-5-14(22)17-6-4-10-26-17/h4,6-8,10-11,14H,3,5,9,12H2,1-2H3/p+1/t14-/m0/s1. The maximum absolute atomic E-state index is 5.36. The Labute approximate surface area is 156 Å². The minimum Gasteiger partial charge on any atom is -0.493 e. The molecule has 4 rings (SSSR count). The van der Waals surface area contributed by atoms with Crippen molar-refractivity contribution in [3.8, 4) is 22.9 Å². The largest absolute Gasteiger partial charge is 0.493 e. The van der Waals surface area contributed by atoms with Crippen LogP contribution >= 0.6 is 11.3 Å². The topological polar surface area (TPSA) is 66.5 Å². The van der Waals surface area contributed by atoms with Crippen LogP contribution in [0.5, 0.6) is 11.5 Å². The van der Waals surface area contributed by atoms with E-state index in [1.807, 2.05) is 29.5 Å². The monoisotopic (exact) mass is 372 g/mol. The van der Waals surface area contributed by atoms with E-state index in [1.54, 1.807) is 19.0 Å². The number of hydrogen-bond donors (Lipinski definition) is 1. The summed E-state index contributed by atoms with van der Waals surface area (Å²) in [5.41, 5.74) is 0.861. The third kappa shape index (κ3) is 3.30. The molecule has 26 heavy (non-hydrogen) atoms. The Morgan fingerprint density at radius 2 is 2.12 bits per heavy atom. The second kappa shape index (κ2) is 7.43. The number of thiophene rings is 1. The molecule has 8 heteroatoms. The van der Waals surface area contributed by atoms with Crippen LogP contribution in [0, 0.1) is 0 Å². The molecule has 2 atom stereocenters. The fraction of sp³-hybridized carbons (Fsp3) is 0.389. The van der Waals surface area contributed by atoms with Crippen LogP contribution in [0.15, 0.2) is 35.7 Å². The molecule has 1 aromatic carbocycles. The predicted molar refractivity (Wildman–Crippen MR) is 98.5 cm³/mol. The van der Waals surface area contributed by atoms with Crippen molar-refractivity contribution >= 4 is 11.3 Å². The number of likely N-dealkylation sites (tertiary alicyclic amines) is 1. The van der Waals surface area contributed by atoms with Gasteiger partial charge in [-0.3, -0.25) is 0 Å². The molecule has 0 radical (unpaired) electrons. The van der Waals surface area contributed by atoms with E-state index in [4.69, 9.17) is 9.47 Å². The molecule has 0 saturated carbocycles.